The van der Waals surface area contributed by atoms with Crippen LogP contribution in [0.5, 0.6) is 17.2 Å². The molecule has 0 bridgehead atoms. The number of hydrogen-bond acceptors (Lipinski definition) is 5. The molecule has 0 radical (unpaired) electrons. The number of rotatable bonds is 2. The zero-order chi connectivity index (χ0) is 14.4. The van der Waals surface area contributed by atoms with E-state index in [1.807, 2.05) is 23.7 Å². The van der Waals surface area contributed by atoms with Gasteiger partial charge in [-0.25, -0.2) is 4.68 Å². The van der Waals surface area contributed by atoms with Gasteiger partial charge in [0, 0.05) is 24.7 Å². The lowest BCUT2D eigenvalue weighted by Crippen LogP contribution is -2.17. The Bertz CT molecular complexity index is 709. The van der Waals surface area contributed by atoms with Gasteiger partial charge in [-0.2, -0.15) is 5.10 Å². The van der Waals surface area contributed by atoms with Gasteiger partial charge in [-0.3, -0.25) is 0 Å². The Balaban J connectivity index is 1.92. The second-order valence-corrected chi connectivity index (χ2v) is 5.22. The number of aryl methyl sites for hydroxylation is 2. The molecule has 0 unspecified atom stereocenters. The minimum absolute atomic E-state index is 0.255. The maximum Gasteiger partial charge on any atom is 0.231 e. The zero-order valence-corrected chi connectivity index (χ0v) is 12.1. The van der Waals surface area contributed by atoms with Gasteiger partial charge in [0.25, 0.3) is 0 Å². The van der Waals surface area contributed by atoms with Crippen LogP contribution in [-0.2, 0) is 6.54 Å². The maximum atomic E-state index is 5.54. The number of nitrogens with one attached hydrogen (secondary N) is 1. The van der Waals surface area contributed by atoms with Gasteiger partial charge in [0.1, 0.15) is 11.6 Å². The lowest BCUT2D eigenvalue weighted by atomic mass is 10.0. The van der Waals surface area contributed by atoms with Gasteiger partial charge in [-0.05, 0) is 19.4 Å². The van der Waals surface area contributed by atoms with Crippen LogP contribution >= 0.6 is 0 Å². The summed E-state index contributed by atoms with van der Waals surface area (Å²) in [5.41, 5.74) is 3.04. The molecular formula is C15H17N3O3. The van der Waals surface area contributed by atoms with Crippen molar-refractivity contribution < 1.29 is 14.2 Å². The van der Waals surface area contributed by atoms with E-state index in [-0.39, 0.29) is 6.79 Å². The van der Waals surface area contributed by atoms with Gasteiger partial charge in [0.15, 0.2) is 11.5 Å². The molecule has 2 aliphatic heterocycles. The largest absolute Gasteiger partial charge is 0.496 e. The first-order valence-electron chi connectivity index (χ1n) is 7.07. The van der Waals surface area contributed by atoms with Crippen LogP contribution < -0.4 is 19.5 Å². The fraction of sp³-hybridized carbons (Fsp3) is 0.400. The summed E-state index contributed by atoms with van der Waals surface area (Å²) in [7, 11) is 1.67. The topological polar surface area (TPSA) is 57.5 Å². The minimum atomic E-state index is 0.255. The second-order valence-electron chi connectivity index (χ2n) is 5.22. The molecule has 6 heteroatoms. The molecule has 0 fully saturated rings. The summed E-state index contributed by atoms with van der Waals surface area (Å²) >= 11 is 0. The summed E-state index contributed by atoms with van der Waals surface area (Å²) < 4.78 is 18.5. The number of aromatic nitrogens is 2. The Morgan fingerprint density at radius 1 is 1.29 bits per heavy atom. The number of ether oxygens (including phenoxy) is 3. The highest BCUT2D eigenvalue weighted by atomic mass is 16.7. The molecule has 0 saturated carbocycles. The first kappa shape index (κ1) is 12.4. The molecular weight excluding hydrogens is 270 g/mol. The Hall–Kier alpha value is -2.37. The first-order chi connectivity index (χ1) is 10.3. The van der Waals surface area contributed by atoms with Crippen molar-refractivity contribution in [2.75, 3.05) is 25.8 Å². The third-order valence-electron chi connectivity index (χ3n) is 3.93. The number of anilines is 1. The van der Waals surface area contributed by atoms with Crippen molar-refractivity contribution in [1.82, 2.24) is 9.78 Å². The summed E-state index contributed by atoms with van der Waals surface area (Å²) in [6, 6.07) is 3.85. The molecule has 1 aromatic carbocycles. The molecule has 21 heavy (non-hydrogen) atoms. The van der Waals surface area contributed by atoms with E-state index in [0.717, 1.165) is 59.4 Å². The highest BCUT2D eigenvalue weighted by Gasteiger charge is 2.25. The SMILES string of the molecule is COc1cc2c(cc1-c1c(C)nn3c1NCCC3)OCO2. The number of fused-ring (bicyclic) bond motifs is 2. The quantitative estimate of drug-likeness (QED) is 0.919. The molecule has 2 aliphatic rings. The van der Waals surface area contributed by atoms with Crippen LogP contribution in [0.3, 0.4) is 0 Å². The van der Waals surface area contributed by atoms with Gasteiger partial charge < -0.3 is 19.5 Å². The van der Waals surface area contributed by atoms with Gasteiger partial charge >= 0.3 is 0 Å². The number of methoxy groups -OCH3 is 1. The highest BCUT2D eigenvalue weighted by Crippen LogP contribution is 2.45. The summed E-state index contributed by atoms with van der Waals surface area (Å²) in [4.78, 5) is 0. The third-order valence-corrected chi connectivity index (χ3v) is 3.93. The summed E-state index contributed by atoms with van der Waals surface area (Å²) in [5.74, 6) is 3.30. The fourth-order valence-electron chi connectivity index (χ4n) is 2.97. The van der Waals surface area contributed by atoms with Crippen LogP contribution in [0.2, 0.25) is 0 Å². The molecule has 0 amide bonds. The van der Waals surface area contributed by atoms with Crippen LogP contribution in [0.4, 0.5) is 5.82 Å². The van der Waals surface area contributed by atoms with Crippen molar-refractivity contribution >= 4 is 5.82 Å². The van der Waals surface area contributed by atoms with Gasteiger partial charge in [0.2, 0.25) is 6.79 Å². The lowest BCUT2D eigenvalue weighted by Gasteiger charge is -2.18. The summed E-state index contributed by atoms with van der Waals surface area (Å²) in [6.45, 7) is 4.18. The Kier molecular flexibility index (Phi) is 2.70. The summed E-state index contributed by atoms with van der Waals surface area (Å²) in [6.07, 6.45) is 1.09. The lowest BCUT2D eigenvalue weighted by molar-refractivity contribution is 0.174. The second kappa shape index (κ2) is 4.58. The molecule has 6 nitrogen and oxygen atoms in total. The van der Waals surface area contributed by atoms with Crippen LogP contribution in [-0.4, -0.2) is 30.2 Å². The van der Waals surface area contributed by atoms with Gasteiger partial charge in [-0.1, -0.05) is 0 Å². The molecule has 0 saturated heterocycles. The van der Waals surface area contributed by atoms with E-state index in [4.69, 9.17) is 14.2 Å². The normalized spacial score (nSPS) is 15.5. The molecule has 2 aromatic rings. The highest BCUT2D eigenvalue weighted by molar-refractivity contribution is 5.84. The molecule has 4 rings (SSSR count). The van der Waals surface area contributed by atoms with Crippen molar-refractivity contribution in [1.29, 1.82) is 0 Å². The molecule has 110 valence electrons. The number of hydrogen-bond donors (Lipinski definition) is 1. The van der Waals surface area contributed by atoms with Gasteiger partial charge in [-0.15, -0.1) is 0 Å². The van der Waals surface area contributed by atoms with Crippen LogP contribution in [0.15, 0.2) is 12.1 Å². The fourth-order valence-corrected chi connectivity index (χ4v) is 2.97. The average molecular weight is 287 g/mol. The van der Waals surface area contributed by atoms with Crippen molar-refractivity contribution in [2.24, 2.45) is 0 Å². The molecule has 3 heterocycles. The molecule has 0 spiro atoms. The van der Waals surface area contributed by atoms with E-state index in [1.165, 1.54) is 0 Å². The van der Waals surface area contributed by atoms with E-state index >= 15 is 0 Å². The number of benzene rings is 1. The van der Waals surface area contributed by atoms with E-state index in [9.17, 15) is 0 Å². The van der Waals surface area contributed by atoms with Crippen LogP contribution in [0, 0.1) is 6.92 Å². The Morgan fingerprint density at radius 3 is 2.90 bits per heavy atom. The molecule has 0 aliphatic carbocycles. The third kappa shape index (κ3) is 1.82. The van der Waals surface area contributed by atoms with E-state index in [1.54, 1.807) is 7.11 Å². The monoisotopic (exact) mass is 287 g/mol. The minimum Gasteiger partial charge on any atom is -0.496 e. The first-order valence-corrected chi connectivity index (χ1v) is 7.07. The van der Waals surface area contributed by atoms with E-state index in [0.29, 0.717) is 0 Å². The van der Waals surface area contributed by atoms with Crippen molar-refractivity contribution in [3.05, 3.63) is 17.8 Å². The predicted molar refractivity (Wildman–Crippen MR) is 78.2 cm³/mol. The number of nitrogens with zero attached hydrogens (tertiary/aromatic N) is 2. The van der Waals surface area contributed by atoms with E-state index in [2.05, 4.69) is 10.4 Å². The average Bonchev–Trinajstić information content (AvgIpc) is 3.07. The predicted octanol–water partition coefficient (Wildman–Crippen LogP) is 2.41. The Labute approximate surface area is 122 Å². The molecule has 1 N–H and O–H groups in total. The zero-order valence-electron chi connectivity index (χ0n) is 12.1. The smallest absolute Gasteiger partial charge is 0.231 e. The van der Waals surface area contributed by atoms with Crippen molar-refractivity contribution in [3.63, 3.8) is 0 Å². The maximum absolute atomic E-state index is 5.54. The molecule has 1 aromatic heterocycles. The van der Waals surface area contributed by atoms with Gasteiger partial charge in [0.05, 0.1) is 18.4 Å². The van der Waals surface area contributed by atoms with Crippen molar-refractivity contribution in [3.8, 4) is 28.4 Å². The Morgan fingerprint density at radius 2 is 2.10 bits per heavy atom. The standard InChI is InChI=1S/C15H17N3O3/c1-9-14(15-16-4-3-5-18(15)17-9)10-6-12-13(21-8-20-12)7-11(10)19-2/h6-7,16H,3-5,8H2,1-2H3. The van der Waals surface area contributed by atoms with Crippen LogP contribution in [0.25, 0.3) is 11.1 Å². The molecule has 0 atom stereocenters. The summed E-state index contributed by atoms with van der Waals surface area (Å²) in [5, 5.41) is 8.07. The van der Waals surface area contributed by atoms with Crippen LogP contribution in [0.1, 0.15) is 12.1 Å². The van der Waals surface area contributed by atoms with E-state index < -0.39 is 0 Å². The van der Waals surface area contributed by atoms with Crippen molar-refractivity contribution in [2.45, 2.75) is 19.9 Å².